The van der Waals surface area contributed by atoms with Crippen molar-refractivity contribution in [2.45, 2.75) is 45.3 Å². The quantitative estimate of drug-likeness (QED) is 0.422. The van der Waals surface area contributed by atoms with Crippen molar-refractivity contribution < 1.29 is 17.6 Å². The minimum atomic E-state index is -3.90. The Labute approximate surface area is 202 Å². The second-order valence-corrected chi connectivity index (χ2v) is 10.1. The van der Waals surface area contributed by atoms with Gasteiger partial charge in [0.15, 0.2) is 0 Å². The molecule has 0 fully saturated rings. The molecule has 0 aliphatic heterocycles. The van der Waals surface area contributed by atoms with Crippen LogP contribution in [0.2, 0.25) is 0 Å². The van der Waals surface area contributed by atoms with Crippen LogP contribution in [0.4, 0.5) is 0 Å². The summed E-state index contributed by atoms with van der Waals surface area (Å²) in [6.45, 7) is 8.80. The molecule has 2 aromatic carbocycles. The zero-order valence-electron chi connectivity index (χ0n) is 20.0. The van der Waals surface area contributed by atoms with E-state index < -0.39 is 10.0 Å². The fourth-order valence-corrected chi connectivity index (χ4v) is 5.01. The minimum absolute atomic E-state index is 0.0326. The summed E-state index contributed by atoms with van der Waals surface area (Å²) in [5.41, 5.74) is 3.12. The molecule has 1 amide bonds. The Bertz CT molecular complexity index is 1160. The van der Waals surface area contributed by atoms with E-state index in [4.69, 9.17) is 4.42 Å². The van der Waals surface area contributed by atoms with Gasteiger partial charge in [-0.3, -0.25) is 9.69 Å². The van der Waals surface area contributed by atoms with E-state index in [0.717, 1.165) is 40.6 Å². The fourth-order valence-electron chi connectivity index (χ4n) is 3.64. The lowest BCUT2D eigenvalue weighted by molar-refractivity contribution is -0.121. The number of amides is 1. The van der Waals surface area contributed by atoms with Crippen molar-refractivity contribution in [3.63, 3.8) is 0 Å². The summed E-state index contributed by atoms with van der Waals surface area (Å²) in [5, 5.41) is 2.90. The summed E-state index contributed by atoms with van der Waals surface area (Å²) in [7, 11) is -3.90. The van der Waals surface area contributed by atoms with E-state index in [0.29, 0.717) is 12.3 Å². The second kappa shape index (κ2) is 12.0. The van der Waals surface area contributed by atoms with Gasteiger partial charge in [0.1, 0.15) is 5.76 Å². The number of hydrogen-bond donors (Lipinski definition) is 1. The first-order valence-electron chi connectivity index (χ1n) is 11.5. The lowest BCUT2D eigenvalue weighted by atomic mass is 10.1. The third-order valence-electron chi connectivity index (χ3n) is 5.77. The van der Waals surface area contributed by atoms with Gasteiger partial charge in [0.25, 0.3) is 0 Å². The molecule has 0 bridgehead atoms. The summed E-state index contributed by atoms with van der Waals surface area (Å²) in [6, 6.07) is 18.0. The van der Waals surface area contributed by atoms with Crippen molar-refractivity contribution in [2.24, 2.45) is 0 Å². The molecule has 8 heteroatoms. The van der Waals surface area contributed by atoms with E-state index >= 15 is 0 Å². The summed E-state index contributed by atoms with van der Waals surface area (Å²) < 4.78 is 33.1. The van der Waals surface area contributed by atoms with Gasteiger partial charge in [0.2, 0.25) is 15.9 Å². The van der Waals surface area contributed by atoms with Gasteiger partial charge < -0.3 is 9.73 Å². The third-order valence-corrected chi connectivity index (χ3v) is 7.58. The van der Waals surface area contributed by atoms with Gasteiger partial charge in [-0.25, -0.2) is 8.42 Å². The zero-order valence-corrected chi connectivity index (χ0v) is 20.8. The van der Waals surface area contributed by atoms with Crippen LogP contribution in [0, 0.1) is 6.92 Å². The first kappa shape index (κ1) is 25.7. The number of furan rings is 1. The maximum Gasteiger partial charge on any atom is 0.243 e. The van der Waals surface area contributed by atoms with E-state index in [1.54, 1.807) is 36.4 Å². The van der Waals surface area contributed by atoms with Gasteiger partial charge in [-0.05, 0) is 55.4 Å². The van der Waals surface area contributed by atoms with E-state index in [1.165, 1.54) is 6.26 Å². The van der Waals surface area contributed by atoms with Gasteiger partial charge in [-0.2, -0.15) is 4.31 Å². The molecular formula is C26H33N3O4S. The number of aryl methyl sites for hydroxylation is 1. The van der Waals surface area contributed by atoms with E-state index in [1.807, 2.05) is 25.1 Å². The SMILES string of the molecule is CCN(CC)Cc1ccccc1CNC(=O)CN(Cc1ccco1)S(=O)(=O)c1ccc(C)cc1. The number of nitrogens with zero attached hydrogens (tertiary/aromatic N) is 2. The van der Waals surface area contributed by atoms with Crippen LogP contribution in [0.25, 0.3) is 0 Å². The molecule has 1 aromatic heterocycles. The average molecular weight is 484 g/mol. The molecular weight excluding hydrogens is 450 g/mol. The van der Waals surface area contributed by atoms with E-state index in [9.17, 15) is 13.2 Å². The highest BCUT2D eigenvalue weighted by molar-refractivity contribution is 7.89. The van der Waals surface area contributed by atoms with Crippen LogP contribution in [0.1, 0.15) is 36.3 Å². The molecule has 0 radical (unpaired) electrons. The number of nitrogens with one attached hydrogen (secondary N) is 1. The predicted octanol–water partition coefficient (Wildman–Crippen LogP) is 3.94. The summed E-state index contributed by atoms with van der Waals surface area (Å²) in [4.78, 5) is 15.3. The van der Waals surface area contributed by atoms with Gasteiger partial charge in [-0.15, -0.1) is 0 Å². The Hall–Kier alpha value is -2.94. The van der Waals surface area contributed by atoms with Gasteiger partial charge in [0.05, 0.1) is 24.2 Å². The summed E-state index contributed by atoms with van der Waals surface area (Å²) in [6.07, 6.45) is 1.49. The van der Waals surface area contributed by atoms with Crippen molar-refractivity contribution in [3.8, 4) is 0 Å². The van der Waals surface area contributed by atoms with Crippen molar-refractivity contribution in [1.29, 1.82) is 0 Å². The number of sulfonamides is 1. The second-order valence-electron chi connectivity index (χ2n) is 8.17. The van der Waals surface area contributed by atoms with Crippen LogP contribution in [0.15, 0.2) is 76.2 Å². The Balaban J connectivity index is 1.73. The molecule has 182 valence electrons. The van der Waals surface area contributed by atoms with Gasteiger partial charge in [0, 0.05) is 13.1 Å². The molecule has 0 aliphatic carbocycles. The molecule has 0 saturated heterocycles. The molecule has 7 nitrogen and oxygen atoms in total. The van der Waals surface area contributed by atoms with E-state index in [-0.39, 0.29) is 23.9 Å². The number of benzene rings is 2. The first-order valence-corrected chi connectivity index (χ1v) is 12.9. The Morgan fingerprint density at radius 1 is 0.912 bits per heavy atom. The summed E-state index contributed by atoms with van der Waals surface area (Å²) >= 11 is 0. The Morgan fingerprint density at radius 2 is 1.59 bits per heavy atom. The van der Waals surface area contributed by atoms with Crippen LogP contribution in [-0.4, -0.2) is 43.2 Å². The van der Waals surface area contributed by atoms with Crippen molar-refractivity contribution in [3.05, 3.63) is 89.4 Å². The number of hydrogen-bond acceptors (Lipinski definition) is 5. The molecule has 0 atom stereocenters. The largest absolute Gasteiger partial charge is 0.468 e. The molecule has 3 aromatic rings. The molecule has 0 unspecified atom stereocenters. The van der Waals surface area contributed by atoms with Crippen LogP contribution < -0.4 is 5.32 Å². The summed E-state index contributed by atoms with van der Waals surface area (Å²) in [5.74, 6) is 0.0907. The van der Waals surface area contributed by atoms with Crippen molar-refractivity contribution in [1.82, 2.24) is 14.5 Å². The maximum atomic E-state index is 13.3. The average Bonchev–Trinajstić information content (AvgIpc) is 3.35. The molecule has 34 heavy (non-hydrogen) atoms. The molecule has 0 spiro atoms. The Morgan fingerprint density at radius 3 is 2.21 bits per heavy atom. The number of rotatable bonds is 12. The number of carbonyl (C=O) groups is 1. The van der Waals surface area contributed by atoms with Gasteiger partial charge in [-0.1, -0.05) is 55.8 Å². The smallest absolute Gasteiger partial charge is 0.243 e. The number of carbonyl (C=O) groups excluding carboxylic acids is 1. The monoisotopic (exact) mass is 483 g/mol. The predicted molar refractivity (Wildman–Crippen MR) is 132 cm³/mol. The Kier molecular flexibility index (Phi) is 9.04. The lowest BCUT2D eigenvalue weighted by Gasteiger charge is -2.22. The molecule has 1 N–H and O–H groups in total. The molecule has 0 saturated carbocycles. The zero-order chi connectivity index (χ0) is 24.6. The standard InChI is InChI=1S/C26H33N3O4S/c1-4-28(5-2)18-23-10-7-6-9-22(23)17-27-26(30)20-29(19-24-11-8-16-33-24)34(31,32)25-14-12-21(3)13-15-25/h6-16H,4-5,17-20H2,1-3H3,(H,27,30). The minimum Gasteiger partial charge on any atom is -0.468 e. The maximum absolute atomic E-state index is 13.3. The van der Waals surface area contributed by atoms with E-state index in [2.05, 4.69) is 30.1 Å². The third kappa shape index (κ3) is 6.79. The molecule has 3 rings (SSSR count). The topological polar surface area (TPSA) is 82.9 Å². The highest BCUT2D eigenvalue weighted by atomic mass is 32.2. The van der Waals surface area contributed by atoms with Crippen molar-refractivity contribution in [2.75, 3.05) is 19.6 Å². The normalized spacial score (nSPS) is 11.8. The fraction of sp³-hybridized carbons (Fsp3) is 0.346. The van der Waals surface area contributed by atoms with Crippen LogP contribution >= 0.6 is 0 Å². The first-order chi connectivity index (χ1) is 16.3. The molecule has 1 heterocycles. The van der Waals surface area contributed by atoms with Crippen molar-refractivity contribution >= 4 is 15.9 Å². The molecule has 0 aliphatic rings. The van der Waals surface area contributed by atoms with Crippen LogP contribution in [-0.2, 0) is 34.5 Å². The van der Waals surface area contributed by atoms with Crippen LogP contribution in [0.3, 0.4) is 0 Å². The van der Waals surface area contributed by atoms with Gasteiger partial charge >= 0.3 is 0 Å². The lowest BCUT2D eigenvalue weighted by Crippen LogP contribution is -2.40. The van der Waals surface area contributed by atoms with Crippen LogP contribution in [0.5, 0.6) is 0 Å². The highest BCUT2D eigenvalue weighted by Crippen LogP contribution is 2.19. The highest BCUT2D eigenvalue weighted by Gasteiger charge is 2.27.